The maximum absolute atomic E-state index is 11.9. The number of carboxylic acids is 1. The Morgan fingerprint density at radius 2 is 2.35 bits per heavy atom. The maximum atomic E-state index is 11.9. The molecule has 2 aromatic heterocycles. The van der Waals surface area contributed by atoms with Crippen molar-refractivity contribution in [3.05, 3.63) is 27.1 Å². The van der Waals surface area contributed by atoms with Crippen LogP contribution in [0.3, 0.4) is 0 Å². The van der Waals surface area contributed by atoms with Crippen LogP contribution in [0.15, 0.2) is 10.9 Å². The summed E-state index contributed by atoms with van der Waals surface area (Å²) in [6.45, 7) is 2.11. The van der Waals surface area contributed by atoms with Crippen LogP contribution in [0.4, 0.5) is 0 Å². The summed E-state index contributed by atoms with van der Waals surface area (Å²) in [7, 11) is 0. The zero-order valence-corrected chi connectivity index (χ0v) is 12.7. The van der Waals surface area contributed by atoms with E-state index in [1.165, 1.54) is 33.7 Å². The van der Waals surface area contributed by atoms with Crippen LogP contribution >= 0.6 is 23.1 Å². The molecule has 0 aliphatic rings. The lowest BCUT2D eigenvalue weighted by atomic mass is 10.3. The van der Waals surface area contributed by atoms with E-state index in [1.807, 2.05) is 0 Å². The third-order valence-corrected chi connectivity index (χ3v) is 4.48. The second kappa shape index (κ2) is 6.85. The number of hydrogen-bond acceptors (Lipinski definition) is 6. The normalized spacial score (nSPS) is 11.1. The van der Waals surface area contributed by atoms with E-state index in [2.05, 4.69) is 17.0 Å². The SMILES string of the molecule is CCCCc1nn2c(=O)cc(CSCC(=O)O)nc2s1. The number of rotatable bonds is 7. The van der Waals surface area contributed by atoms with E-state index in [-0.39, 0.29) is 11.3 Å². The fourth-order valence-electron chi connectivity index (χ4n) is 1.64. The summed E-state index contributed by atoms with van der Waals surface area (Å²) >= 11 is 2.65. The standard InChI is InChI=1S/C12H15N3O3S2/c1-2-3-4-9-14-15-10(16)5-8(13-12(15)20-9)6-19-7-11(17)18/h5H,2-4,6-7H2,1H3,(H,17,18). The summed E-state index contributed by atoms with van der Waals surface area (Å²) in [6, 6.07) is 1.42. The summed E-state index contributed by atoms with van der Waals surface area (Å²) in [5, 5.41) is 13.8. The molecule has 2 heterocycles. The van der Waals surface area contributed by atoms with Gasteiger partial charge in [0.15, 0.2) is 0 Å². The van der Waals surface area contributed by atoms with Crippen molar-refractivity contribution in [2.24, 2.45) is 0 Å². The first-order valence-corrected chi connectivity index (χ1v) is 8.25. The largest absolute Gasteiger partial charge is 0.481 e. The first-order valence-electron chi connectivity index (χ1n) is 6.28. The van der Waals surface area contributed by atoms with Crippen molar-refractivity contribution in [3.8, 4) is 0 Å². The number of fused-ring (bicyclic) bond motifs is 1. The Labute approximate surface area is 123 Å². The van der Waals surface area contributed by atoms with Gasteiger partial charge in [0.1, 0.15) is 5.01 Å². The number of aryl methyl sites for hydroxylation is 1. The molecule has 2 aromatic rings. The van der Waals surface area contributed by atoms with Crippen LogP contribution in [-0.4, -0.2) is 31.4 Å². The van der Waals surface area contributed by atoms with E-state index in [0.29, 0.717) is 16.4 Å². The molecule has 0 fully saturated rings. The minimum absolute atomic E-state index is 0.00545. The minimum Gasteiger partial charge on any atom is -0.481 e. The molecule has 0 atom stereocenters. The van der Waals surface area contributed by atoms with Gasteiger partial charge >= 0.3 is 5.97 Å². The van der Waals surface area contributed by atoms with Crippen LogP contribution < -0.4 is 5.56 Å². The molecule has 0 aliphatic carbocycles. The third kappa shape index (κ3) is 3.80. The molecule has 20 heavy (non-hydrogen) atoms. The Morgan fingerprint density at radius 1 is 1.55 bits per heavy atom. The van der Waals surface area contributed by atoms with Gasteiger partial charge in [0.05, 0.1) is 11.4 Å². The molecule has 0 saturated heterocycles. The molecule has 0 amide bonds. The van der Waals surface area contributed by atoms with Crippen LogP contribution in [0.25, 0.3) is 4.96 Å². The van der Waals surface area contributed by atoms with Crippen LogP contribution in [-0.2, 0) is 17.0 Å². The van der Waals surface area contributed by atoms with E-state index in [0.717, 1.165) is 24.3 Å². The number of hydrogen-bond donors (Lipinski definition) is 1. The molecule has 0 spiro atoms. The van der Waals surface area contributed by atoms with E-state index in [9.17, 15) is 9.59 Å². The van der Waals surface area contributed by atoms with Gasteiger partial charge in [-0.05, 0) is 6.42 Å². The number of aromatic nitrogens is 3. The van der Waals surface area contributed by atoms with Gasteiger partial charge in [-0.2, -0.15) is 9.61 Å². The number of carbonyl (C=O) groups is 1. The molecule has 0 saturated carbocycles. The Kier molecular flexibility index (Phi) is 5.13. The summed E-state index contributed by atoms with van der Waals surface area (Å²) in [4.78, 5) is 27.3. The van der Waals surface area contributed by atoms with Crippen molar-refractivity contribution in [2.45, 2.75) is 31.9 Å². The van der Waals surface area contributed by atoms with Gasteiger partial charge < -0.3 is 5.11 Å². The lowest BCUT2D eigenvalue weighted by Crippen LogP contribution is -2.15. The molecule has 0 aliphatic heterocycles. The van der Waals surface area contributed by atoms with E-state index >= 15 is 0 Å². The van der Waals surface area contributed by atoms with Crippen LogP contribution in [0.1, 0.15) is 30.5 Å². The molecule has 0 bridgehead atoms. The smallest absolute Gasteiger partial charge is 0.313 e. The maximum Gasteiger partial charge on any atom is 0.313 e. The highest BCUT2D eigenvalue weighted by molar-refractivity contribution is 7.99. The number of unbranched alkanes of at least 4 members (excludes halogenated alkanes) is 1. The monoisotopic (exact) mass is 313 g/mol. The van der Waals surface area contributed by atoms with Crippen molar-refractivity contribution in [1.82, 2.24) is 14.6 Å². The van der Waals surface area contributed by atoms with Crippen molar-refractivity contribution >= 4 is 34.0 Å². The van der Waals surface area contributed by atoms with Gasteiger partial charge in [-0.25, -0.2) is 4.98 Å². The molecule has 0 radical (unpaired) electrons. The first-order chi connectivity index (χ1) is 9.60. The van der Waals surface area contributed by atoms with E-state index in [4.69, 9.17) is 5.11 Å². The molecule has 0 aromatic carbocycles. The second-order valence-corrected chi connectivity index (χ2v) is 6.29. The van der Waals surface area contributed by atoms with Gasteiger partial charge in [0.25, 0.3) is 5.56 Å². The summed E-state index contributed by atoms with van der Waals surface area (Å²) in [5.41, 5.74) is 0.395. The molecule has 1 N–H and O–H groups in total. The molecule has 0 unspecified atom stereocenters. The number of aliphatic carboxylic acids is 1. The summed E-state index contributed by atoms with van der Waals surface area (Å²) < 4.78 is 1.32. The van der Waals surface area contributed by atoms with Crippen molar-refractivity contribution in [3.63, 3.8) is 0 Å². The topological polar surface area (TPSA) is 84.6 Å². The molecule has 2 rings (SSSR count). The third-order valence-electron chi connectivity index (χ3n) is 2.56. The van der Waals surface area contributed by atoms with Gasteiger partial charge in [-0.1, -0.05) is 24.7 Å². The highest BCUT2D eigenvalue weighted by Crippen LogP contribution is 2.15. The predicted molar refractivity (Wildman–Crippen MR) is 79.5 cm³/mol. The number of nitrogens with zero attached hydrogens (tertiary/aromatic N) is 3. The van der Waals surface area contributed by atoms with Gasteiger partial charge in [0, 0.05) is 18.2 Å². The first kappa shape index (κ1) is 15.0. The fourth-order valence-corrected chi connectivity index (χ4v) is 3.24. The van der Waals surface area contributed by atoms with Crippen LogP contribution in [0, 0.1) is 0 Å². The highest BCUT2D eigenvalue weighted by Gasteiger charge is 2.09. The fraction of sp³-hybridized carbons (Fsp3) is 0.500. The molecular formula is C12H15N3O3S2. The van der Waals surface area contributed by atoms with Gasteiger partial charge in [-0.15, -0.1) is 11.8 Å². The van der Waals surface area contributed by atoms with Gasteiger partial charge in [-0.3, -0.25) is 9.59 Å². The van der Waals surface area contributed by atoms with Crippen molar-refractivity contribution in [2.75, 3.05) is 5.75 Å². The average molecular weight is 313 g/mol. The van der Waals surface area contributed by atoms with Gasteiger partial charge in [0.2, 0.25) is 4.96 Å². The second-order valence-electron chi connectivity index (χ2n) is 4.27. The molecule has 6 nitrogen and oxygen atoms in total. The summed E-state index contributed by atoms with van der Waals surface area (Å²) in [6.07, 6.45) is 2.97. The zero-order chi connectivity index (χ0) is 14.5. The molecular weight excluding hydrogens is 298 g/mol. The van der Waals surface area contributed by atoms with Crippen molar-refractivity contribution < 1.29 is 9.90 Å². The molecule has 8 heteroatoms. The zero-order valence-electron chi connectivity index (χ0n) is 11.0. The lowest BCUT2D eigenvalue weighted by molar-refractivity contribution is -0.133. The van der Waals surface area contributed by atoms with Crippen LogP contribution in [0.5, 0.6) is 0 Å². The van der Waals surface area contributed by atoms with E-state index < -0.39 is 5.97 Å². The van der Waals surface area contributed by atoms with Crippen LogP contribution in [0.2, 0.25) is 0 Å². The van der Waals surface area contributed by atoms with Crippen molar-refractivity contribution in [1.29, 1.82) is 0 Å². The minimum atomic E-state index is -0.868. The highest BCUT2D eigenvalue weighted by atomic mass is 32.2. The summed E-state index contributed by atoms with van der Waals surface area (Å²) in [5.74, 6) is -0.446. The average Bonchev–Trinajstić information content (AvgIpc) is 2.79. The Hall–Kier alpha value is -1.41. The number of thioether (sulfide) groups is 1. The number of carboxylic acid groups (broad SMARTS) is 1. The lowest BCUT2D eigenvalue weighted by Gasteiger charge is -1.98. The predicted octanol–water partition coefficient (Wildman–Crippen LogP) is 1.81. The molecule has 108 valence electrons. The Morgan fingerprint density at radius 3 is 3.05 bits per heavy atom. The Balaban J connectivity index is 2.18. The quantitative estimate of drug-likeness (QED) is 0.839. The Bertz CT molecular complexity index is 666. The van der Waals surface area contributed by atoms with E-state index in [1.54, 1.807) is 0 Å².